The Morgan fingerprint density at radius 1 is 1.04 bits per heavy atom. The second-order valence-corrected chi connectivity index (χ2v) is 5.13. The molecule has 0 atom stereocenters. The summed E-state index contributed by atoms with van der Waals surface area (Å²) in [7, 11) is 0. The molecule has 23 heavy (non-hydrogen) atoms. The van der Waals surface area contributed by atoms with Gasteiger partial charge in [0.05, 0.1) is 11.3 Å². The first kappa shape index (κ1) is 13.3. The third kappa shape index (κ3) is 2.19. The Morgan fingerprint density at radius 2 is 1.78 bits per heavy atom. The highest BCUT2D eigenvalue weighted by Crippen LogP contribution is 2.34. The molecule has 1 aliphatic rings. The lowest BCUT2D eigenvalue weighted by molar-refractivity contribution is -0.598. The molecule has 0 unspecified atom stereocenters. The third-order valence-electron chi connectivity index (χ3n) is 3.69. The van der Waals surface area contributed by atoms with Crippen LogP contribution in [0.15, 0.2) is 64.0 Å². The zero-order chi connectivity index (χ0) is 15.8. The van der Waals surface area contributed by atoms with Crippen LogP contribution in [0.4, 0.5) is 5.69 Å². The van der Waals surface area contributed by atoms with Gasteiger partial charge in [-0.05, 0) is 18.2 Å². The minimum atomic E-state index is -0.413. The topological polar surface area (TPSA) is 72.7 Å². The summed E-state index contributed by atoms with van der Waals surface area (Å²) in [4.78, 5) is 4.28. The van der Waals surface area contributed by atoms with E-state index in [-0.39, 0.29) is 11.6 Å². The van der Waals surface area contributed by atoms with Crippen LogP contribution in [0.3, 0.4) is 0 Å². The molecular weight excluding hydrogens is 292 g/mol. The van der Waals surface area contributed by atoms with Crippen molar-refractivity contribution in [2.45, 2.75) is 0 Å². The predicted molar refractivity (Wildman–Crippen MR) is 87.2 cm³/mol. The van der Waals surface area contributed by atoms with Crippen molar-refractivity contribution in [3.8, 4) is 17.4 Å². The van der Waals surface area contributed by atoms with E-state index >= 15 is 0 Å². The fourth-order valence-electron chi connectivity index (χ4n) is 2.56. The highest BCUT2D eigenvalue weighted by Gasteiger charge is 2.26. The first-order chi connectivity index (χ1) is 11.2. The second kappa shape index (κ2) is 5.14. The molecule has 0 amide bonds. The lowest BCUT2D eigenvalue weighted by atomic mass is 10.1. The van der Waals surface area contributed by atoms with Crippen molar-refractivity contribution in [2.24, 2.45) is 4.99 Å². The van der Waals surface area contributed by atoms with Crippen LogP contribution in [0.2, 0.25) is 0 Å². The van der Waals surface area contributed by atoms with Crippen LogP contribution in [0.1, 0.15) is 11.3 Å². The van der Waals surface area contributed by atoms with Gasteiger partial charge in [-0.2, -0.15) is 0 Å². The standard InChI is InChI=1S/C18H12N2O3/c21-18-16(10-13-11-19-15-9-5-4-8-14(13)15)20(22)17(23-18)12-6-2-1-3-7-12/h1-11,21H/b13-10+. The van der Waals surface area contributed by atoms with E-state index in [1.54, 1.807) is 36.6 Å². The zero-order valence-electron chi connectivity index (χ0n) is 12.0. The molecule has 0 saturated carbocycles. The van der Waals surface area contributed by atoms with Gasteiger partial charge in [-0.25, -0.2) is 0 Å². The van der Waals surface area contributed by atoms with Crippen molar-refractivity contribution in [1.29, 1.82) is 0 Å². The SMILES string of the molecule is [O-][n+]1c(-c2ccccc2)oc(O)c1/C=C1\C=Nc2ccccc21. The molecule has 3 aromatic rings. The molecule has 1 aliphatic heterocycles. The molecule has 2 heterocycles. The maximum atomic E-state index is 12.5. The number of fused-ring (bicyclic) bond motifs is 1. The van der Waals surface area contributed by atoms with Gasteiger partial charge in [0.15, 0.2) is 0 Å². The minimum absolute atomic E-state index is 0.0539. The van der Waals surface area contributed by atoms with Crippen molar-refractivity contribution in [3.05, 3.63) is 71.1 Å². The lowest BCUT2D eigenvalue weighted by Gasteiger charge is -1.99. The molecule has 0 radical (unpaired) electrons. The van der Waals surface area contributed by atoms with Gasteiger partial charge in [-0.1, -0.05) is 36.4 Å². The number of benzene rings is 2. The van der Waals surface area contributed by atoms with E-state index in [9.17, 15) is 10.3 Å². The largest absolute Gasteiger partial charge is 0.615 e. The molecule has 5 nitrogen and oxygen atoms in total. The van der Waals surface area contributed by atoms with Gasteiger partial charge < -0.3 is 14.7 Å². The summed E-state index contributed by atoms with van der Waals surface area (Å²) in [5.74, 6) is -0.359. The third-order valence-corrected chi connectivity index (χ3v) is 3.69. The van der Waals surface area contributed by atoms with E-state index in [1.165, 1.54) is 0 Å². The minimum Gasteiger partial charge on any atom is -0.615 e. The predicted octanol–water partition coefficient (Wildman–Crippen LogP) is 3.54. The fourth-order valence-corrected chi connectivity index (χ4v) is 2.56. The maximum Gasteiger partial charge on any atom is 0.395 e. The normalized spacial score (nSPS) is 14.3. The van der Waals surface area contributed by atoms with E-state index in [0.717, 1.165) is 16.8 Å². The Bertz CT molecular complexity index is 940. The number of oxazole rings is 1. The summed E-state index contributed by atoms with van der Waals surface area (Å²) in [6, 6.07) is 16.5. The van der Waals surface area contributed by atoms with Gasteiger partial charge in [0.2, 0.25) is 0 Å². The number of nitrogens with zero attached hydrogens (tertiary/aromatic N) is 2. The molecule has 0 bridgehead atoms. The Morgan fingerprint density at radius 3 is 2.61 bits per heavy atom. The average molecular weight is 304 g/mol. The van der Waals surface area contributed by atoms with E-state index < -0.39 is 5.95 Å². The highest BCUT2D eigenvalue weighted by atomic mass is 16.5. The monoisotopic (exact) mass is 304 g/mol. The summed E-state index contributed by atoms with van der Waals surface area (Å²) >= 11 is 0. The van der Waals surface area contributed by atoms with Gasteiger partial charge in [0.25, 0.3) is 0 Å². The molecule has 2 aromatic carbocycles. The summed E-state index contributed by atoms with van der Waals surface area (Å²) in [5, 5.41) is 22.5. The van der Waals surface area contributed by atoms with Crippen LogP contribution in [0, 0.1) is 5.21 Å². The van der Waals surface area contributed by atoms with Crippen LogP contribution < -0.4 is 4.73 Å². The molecule has 5 heteroatoms. The summed E-state index contributed by atoms with van der Waals surface area (Å²) in [6.07, 6.45) is 3.24. The molecule has 1 aromatic heterocycles. The van der Waals surface area contributed by atoms with Crippen molar-refractivity contribution >= 4 is 23.6 Å². The molecular formula is C18H12N2O3. The Kier molecular flexibility index (Phi) is 2.98. The highest BCUT2D eigenvalue weighted by molar-refractivity contribution is 6.21. The number of aromatic hydroxyl groups is 1. The van der Waals surface area contributed by atoms with Gasteiger partial charge >= 0.3 is 17.5 Å². The van der Waals surface area contributed by atoms with Gasteiger partial charge in [0.1, 0.15) is 0 Å². The average Bonchev–Trinajstić information content (AvgIpc) is 3.12. The molecule has 4 rings (SSSR count). The number of aromatic nitrogens is 1. The second-order valence-electron chi connectivity index (χ2n) is 5.13. The number of para-hydroxylation sites is 1. The lowest BCUT2D eigenvalue weighted by Crippen LogP contribution is -2.29. The Balaban J connectivity index is 1.82. The van der Waals surface area contributed by atoms with E-state index in [1.807, 2.05) is 30.3 Å². The molecule has 0 aliphatic carbocycles. The van der Waals surface area contributed by atoms with E-state index in [2.05, 4.69) is 4.99 Å². The smallest absolute Gasteiger partial charge is 0.395 e. The number of allylic oxidation sites excluding steroid dienone is 1. The Hall–Kier alpha value is -3.34. The summed E-state index contributed by atoms with van der Waals surface area (Å²) in [6.45, 7) is 0. The quantitative estimate of drug-likeness (QED) is 0.581. The van der Waals surface area contributed by atoms with Gasteiger partial charge in [-0.15, -0.1) is 4.73 Å². The maximum absolute atomic E-state index is 12.5. The van der Waals surface area contributed by atoms with Crippen molar-refractivity contribution in [3.63, 3.8) is 0 Å². The van der Waals surface area contributed by atoms with Crippen LogP contribution in [-0.4, -0.2) is 11.3 Å². The van der Waals surface area contributed by atoms with Crippen LogP contribution in [0.25, 0.3) is 23.1 Å². The zero-order valence-corrected chi connectivity index (χ0v) is 12.0. The van der Waals surface area contributed by atoms with Gasteiger partial charge in [-0.3, -0.25) is 4.99 Å². The first-order valence-corrected chi connectivity index (χ1v) is 7.10. The van der Waals surface area contributed by atoms with Crippen molar-refractivity contribution in [1.82, 2.24) is 0 Å². The van der Waals surface area contributed by atoms with Gasteiger partial charge in [0, 0.05) is 23.4 Å². The van der Waals surface area contributed by atoms with Crippen molar-refractivity contribution < 1.29 is 14.3 Å². The van der Waals surface area contributed by atoms with Crippen LogP contribution in [-0.2, 0) is 0 Å². The molecule has 112 valence electrons. The van der Waals surface area contributed by atoms with Crippen molar-refractivity contribution in [2.75, 3.05) is 0 Å². The molecule has 0 saturated heterocycles. The van der Waals surface area contributed by atoms with Crippen LogP contribution >= 0.6 is 0 Å². The molecule has 0 fully saturated rings. The number of rotatable bonds is 2. The molecule has 1 N–H and O–H groups in total. The fraction of sp³-hybridized carbons (Fsp3) is 0. The van der Waals surface area contributed by atoms with Crippen LogP contribution in [0.5, 0.6) is 5.95 Å². The van der Waals surface area contributed by atoms with E-state index in [4.69, 9.17) is 4.42 Å². The summed E-state index contributed by atoms with van der Waals surface area (Å²) in [5.41, 5.74) is 3.16. The van der Waals surface area contributed by atoms with E-state index in [0.29, 0.717) is 10.3 Å². The number of hydrogen-bond donors (Lipinski definition) is 1. The Labute approximate surface area is 132 Å². The number of hydrogen-bond acceptors (Lipinski definition) is 4. The summed E-state index contributed by atoms with van der Waals surface area (Å²) < 4.78 is 5.84. The first-order valence-electron chi connectivity index (χ1n) is 7.10. The molecule has 0 spiro atoms. The number of aliphatic imine (C=N–C) groups is 1.